The summed E-state index contributed by atoms with van der Waals surface area (Å²) in [6, 6.07) is 20.5. The van der Waals surface area contributed by atoms with Crippen molar-refractivity contribution in [3.63, 3.8) is 0 Å². The van der Waals surface area contributed by atoms with Crippen molar-refractivity contribution in [2.45, 2.75) is 71.6 Å². The minimum absolute atomic E-state index is 0.0852. The Balaban J connectivity index is 1.27. The van der Waals surface area contributed by atoms with Gasteiger partial charge in [0.1, 0.15) is 34.9 Å². The molecule has 3 aromatic rings. The Morgan fingerprint density at radius 1 is 0.836 bits per heavy atom. The van der Waals surface area contributed by atoms with E-state index in [-0.39, 0.29) is 73.3 Å². The lowest BCUT2D eigenvalue weighted by Gasteiger charge is -2.42. The summed E-state index contributed by atoms with van der Waals surface area (Å²) in [7, 11) is -3.30. The molecular formula is C40H46N2O12S. The van der Waals surface area contributed by atoms with E-state index in [0.29, 0.717) is 5.56 Å². The second-order valence-electron chi connectivity index (χ2n) is 13.9. The number of rotatable bonds is 15. The molecule has 0 spiro atoms. The van der Waals surface area contributed by atoms with Crippen LogP contribution in [0.3, 0.4) is 0 Å². The molecule has 5 atom stereocenters. The lowest BCUT2D eigenvalue weighted by molar-refractivity contribution is -0.241. The Hall–Kier alpha value is -5.28. The van der Waals surface area contributed by atoms with E-state index in [2.05, 4.69) is 10.6 Å². The molecule has 1 aliphatic carbocycles. The van der Waals surface area contributed by atoms with E-state index in [1.807, 2.05) is 62.4 Å². The highest BCUT2D eigenvalue weighted by Gasteiger charge is 2.46. The van der Waals surface area contributed by atoms with Gasteiger partial charge in [-0.2, -0.15) is 0 Å². The van der Waals surface area contributed by atoms with E-state index in [4.69, 9.17) is 23.7 Å². The summed E-state index contributed by atoms with van der Waals surface area (Å²) in [5, 5.41) is 5.11. The van der Waals surface area contributed by atoms with Gasteiger partial charge in [-0.1, -0.05) is 68.4 Å². The normalized spacial score (nSPS) is 20.3. The van der Waals surface area contributed by atoms with Gasteiger partial charge in [-0.05, 0) is 52.8 Å². The van der Waals surface area contributed by atoms with E-state index in [0.717, 1.165) is 28.5 Å². The SMILES string of the molecule is CC(=O)O[C@H]1[C@H](Oc2ccc(COC(=O)NCCS(C)(=O)=O)cc2NC(=O)CCC(=O)OCC2c3ccccc3-c3ccccc32)O[C@H](C(C)=O)[C@@H](C)[C@@H]1C. The fourth-order valence-electron chi connectivity index (χ4n) is 6.73. The quantitative estimate of drug-likeness (QED) is 0.157. The minimum atomic E-state index is -3.30. The molecule has 1 aliphatic heterocycles. The van der Waals surface area contributed by atoms with Crippen LogP contribution in [0.2, 0.25) is 0 Å². The first kappa shape index (κ1) is 40.9. The third-order valence-electron chi connectivity index (χ3n) is 9.68. The fourth-order valence-corrected chi connectivity index (χ4v) is 7.20. The van der Waals surface area contributed by atoms with Gasteiger partial charge in [0, 0.05) is 38.0 Å². The molecule has 3 aromatic carbocycles. The molecule has 0 radical (unpaired) electrons. The maximum atomic E-state index is 13.3. The largest absolute Gasteiger partial charge is 0.465 e. The van der Waals surface area contributed by atoms with Crippen molar-refractivity contribution >= 4 is 45.2 Å². The molecule has 1 fully saturated rings. The number of fused-ring (bicyclic) bond motifs is 3. The van der Waals surface area contributed by atoms with Crippen molar-refractivity contribution in [1.82, 2.24) is 5.32 Å². The monoisotopic (exact) mass is 778 g/mol. The molecule has 55 heavy (non-hydrogen) atoms. The van der Waals surface area contributed by atoms with Gasteiger partial charge in [0.05, 0.1) is 17.9 Å². The Labute approximate surface area is 320 Å². The summed E-state index contributed by atoms with van der Waals surface area (Å²) in [6.07, 6.45) is -3.25. The average Bonchev–Trinajstić information content (AvgIpc) is 3.45. The number of ether oxygens (including phenoxy) is 5. The molecule has 2 aliphatic rings. The number of anilines is 1. The summed E-state index contributed by atoms with van der Waals surface area (Å²) in [5.74, 6) is -2.90. The predicted octanol–water partition coefficient (Wildman–Crippen LogP) is 4.93. The van der Waals surface area contributed by atoms with Crippen molar-refractivity contribution in [2.24, 2.45) is 11.8 Å². The molecule has 2 amide bonds. The van der Waals surface area contributed by atoms with Crippen LogP contribution in [-0.4, -0.2) is 81.8 Å². The van der Waals surface area contributed by atoms with E-state index in [1.165, 1.54) is 26.0 Å². The number of benzene rings is 3. The molecule has 0 unspecified atom stereocenters. The van der Waals surface area contributed by atoms with Crippen LogP contribution in [-0.2, 0) is 54.6 Å². The molecule has 0 saturated carbocycles. The number of esters is 2. The fraction of sp³-hybridized carbons (Fsp3) is 0.425. The number of Topliss-reactive ketones (excluding diaryl/α,β-unsaturated/α-hetero) is 1. The number of ketones is 1. The highest BCUT2D eigenvalue weighted by atomic mass is 32.2. The topological polar surface area (TPSA) is 190 Å². The first-order valence-corrected chi connectivity index (χ1v) is 20.0. The smallest absolute Gasteiger partial charge is 0.407 e. The maximum absolute atomic E-state index is 13.3. The second-order valence-corrected chi connectivity index (χ2v) is 16.1. The lowest BCUT2D eigenvalue weighted by Crippen LogP contribution is -2.55. The van der Waals surface area contributed by atoms with Crippen molar-refractivity contribution < 1.29 is 56.1 Å². The van der Waals surface area contributed by atoms with Gasteiger partial charge in [0.2, 0.25) is 12.2 Å². The van der Waals surface area contributed by atoms with Crippen LogP contribution in [0.1, 0.15) is 63.1 Å². The van der Waals surface area contributed by atoms with Crippen LogP contribution < -0.4 is 15.4 Å². The van der Waals surface area contributed by atoms with Gasteiger partial charge >= 0.3 is 18.0 Å². The number of sulfone groups is 1. The van der Waals surface area contributed by atoms with Gasteiger partial charge < -0.3 is 34.3 Å². The number of hydrogen-bond acceptors (Lipinski definition) is 12. The molecule has 2 N–H and O–H groups in total. The van der Waals surface area contributed by atoms with Crippen LogP contribution in [0.4, 0.5) is 10.5 Å². The standard InChI is InChI=1S/C40H46N2O12S/c1-23-24(2)38(52-26(4)44)39(54-37(23)25(3)43)53-34-15-14-27(21-51-40(47)41-18-19-55(5,48)49)20-33(34)42-35(45)16-17-36(46)50-22-32-30-12-8-6-10-28(30)29-11-7-9-13-31(29)32/h6-15,20,23-24,32,37-39H,16-19,21-22H2,1-5H3,(H,41,47)(H,42,45)/t23-,24-,37-,38+,39+/m0/s1. The zero-order chi connectivity index (χ0) is 39.9. The third-order valence-corrected chi connectivity index (χ3v) is 10.6. The summed E-state index contributed by atoms with van der Waals surface area (Å²) in [4.78, 5) is 63.0. The predicted molar refractivity (Wildman–Crippen MR) is 201 cm³/mol. The van der Waals surface area contributed by atoms with Gasteiger partial charge in [-0.25, -0.2) is 13.2 Å². The third kappa shape index (κ3) is 10.7. The molecule has 5 rings (SSSR count). The minimum Gasteiger partial charge on any atom is -0.465 e. The van der Waals surface area contributed by atoms with E-state index >= 15 is 0 Å². The summed E-state index contributed by atoms with van der Waals surface area (Å²) < 4.78 is 51.5. The van der Waals surface area contributed by atoms with Crippen molar-refractivity contribution in [2.75, 3.05) is 30.5 Å². The molecule has 294 valence electrons. The highest BCUT2D eigenvalue weighted by molar-refractivity contribution is 7.90. The summed E-state index contributed by atoms with van der Waals surface area (Å²) in [6.45, 7) is 5.99. The zero-order valence-electron chi connectivity index (χ0n) is 31.4. The number of alkyl carbamates (subject to hydrolysis) is 1. The van der Waals surface area contributed by atoms with Crippen molar-refractivity contribution in [3.8, 4) is 16.9 Å². The molecular weight excluding hydrogens is 733 g/mol. The van der Waals surface area contributed by atoms with Gasteiger partial charge in [0.15, 0.2) is 11.9 Å². The molecule has 1 saturated heterocycles. The van der Waals surface area contributed by atoms with Gasteiger partial charge in [0.25, 0.3) is 0 Å². The number of carbonyl (C=O) groups is 5. The molecule has 14 nitrogen and oxygen atoms in total. The first-order chi connectivity index (χ1) is 26.1. The number of nitrogens with one attached hydrogen (secondary N) is 2. The number of hydrogen-bond donors (Lipinski definition) is 2. The summed E-state index contributed by atoms with van der Waals surface area (Å²) in [5.41, 5.74) is 4.85. The van der Waals surface area contributed by atoms with E-state index in [1.54, 1.807) is 6.07 Å². The summed E-state index contributed by atoms with van der Waals surface area (Å²) >= 11 is 0. The van der Waals surface area contributed by atoms with Crippen molar-refractivity contribution in [1.29, 1.82) is 0 Å². The Kier molecular flexibility index (Phi) is 13.3. The van der Waals surface area contributed by atoms with Crippen LogP contribution in [0.15, 0.2) is 66.7 Å². The Morgan fingerprint density at radius 3 is 2.11 bits per heavy atom. The van der Waals surface area contributed by atoms with E-state index in [9.17, 15) is 32.4 Å². The highest BCUT2D eigenvalue weighted by Crippen LogP contribution is 2.44. The Bertz CT molecular complexity index is 1990. The number of amides is 2. The van der Waals surface area contributed by atoms with E-state index < -0.39 is 52.3 Å². The van der Waals surface area contributed by atoms with Crippen LogP contribution >= 0.6 is 0 Å². The van der Waals surface area contributed by atoms with Crippen LogP contribution in [0.5, 0.6) is 5.75 Å². The molecule has 0 aromatic heterocycles. The van der Waals surface area contributed by atoms with Gasteiger partial charge in [-0.15, -0.1) is 0 Å². The first-order valence-electron chi connectivity index (χ1n) is 18.0. The van der Waals surface area contributed by atoms with Gasteiger partial charge in [-0.3, -0.25) is 19.2 Å². The maximum Gasteiger partial charge on any atom is 0.407 e. The van der Waals surface area contributed by atoms with Crippen molar-refractivity contribution in [3.05, 3.63) is 83.4 Å². The Morgan fingerprint density at radius 2 is 1.49 bits per heavy atom. The number of carbonyl (C=O) groups excluding carboxylic acids is 5. The van der Waals surface area contributed by atoms with Crippen LogP contribution in [0, 0.1) is 11.8 Å². The zero-order valence-corrected chi connectivity index (χ0v) is 32.2. The molecule has 0 bridgehead atoms. The molecule has 15 heteroatoms. The average molecular weight is 779 g/mol. The second kappa shape index (κ2) is 17.9. The van der Waals surface area contributed by atoms with Crippen LogP contribution in [0.25, 0.3) is 11.1 Å². The molecule has 1 heterocycles. The lowest BCUT2D eigenvalue weighted by atomic mass is 9.82.